The van der Waals surface area contributed by atoms with Crippen LogP contribution in [0.1, 0.15) is 28.7 Å². The van der Waals surface area contributed by atoms with Gasteiger partial charge in [-0.05, 0) is 33.9 Å². The Bertz CT molecular complexity index is 1100. The van der Waals surface area contributed by atoms with Crippen LogP contribution in [-0.4, -0.2) is 23.8 Å². The Morgan fingerprint density at radius 1 is 0.971 bits per heavy atom. The van der Waals surface area contributed by atoms with Crippen molar-refractivity contribution < 1.29 is 27.9 Å². The van der Waals surface area contributed by atoms with Crippen LogP contribution >= 0.6 is 0 Å². The second kappa shape index (κ2) is 12.0. The van der Waals surface area contributed by atoms with E-state index in [1.807, 2.05) is 24.3 Å². The minimum absolute atomic E-state index is 0.0727. The summed E-state index contributed by atoms with van der Waals surface area (Å²) in [6, 6.07) is 20.3. The van der Waals surface area contributed by atoms with Crippen LogP contribution in [0.5, 0.6) is 0 Å². The van der Waals surface area contributed by atoms with Crippen LogP contribution in [0.2, 0.25) is 0 Å². The molecule has 0 aliphatic rings. The molecule has 0 aliphatic heterocycles. The minimum atomic E-state index is -4.48. The zero-order valence-corrected chi connectivity index (χ0v) is 18.4. The molecule has 0 radical (unpaired) electrons. The largest absolute Gasteiger partial charge is 0.481 e. The van der Waals surface area contributed by atoms with E-state index in [1.54, 1.807) is 42.6 Å². The molecule has 5 nitrogen and oxygen atoms in total. The highest BCUT2D eigenvalue weighted by molar-refractivity contribution is 5.68. The normalized spacial score (nSPS) is 11.6. The fourth-order valence-corrected chi connectivity index (χ4v) is 3.31. The molecule has 0 spiro atoms. The van der Waals surface area contributed by atoms with Crippen molar-refractivity contribution in [1.29, 1.82) is 0 Å². The van der Waals surface area contributed by atoms with Gasteiger partial charge in [0.15, 0.2) is 0 Å². The Labute approximate surface area is 195 Å². The maximum atomic E-state index is 13.6. The van der Waals surface area contributed by atoms with Crippen molar-refractivity contribution in [3.63, 3.8) is 0 Å². The average Bonchev–Trinajstić information content (AvgIpc) is 2.82. The Morgan fingerprint density at radius 3 is 2.32 bits per heavy atom. The third kappa shape index (κ3) is 7.74. The number of alkyl halides is 3. The number of carboxylic acids is 1. The van der Waals surface area contributed by atoms with Crippen molar-refractivity contribution in [3.8, 4) is 11.1 Å². The van der Waals surface area contributed by atoms with Gasteiger partial charge in [-0.15, -0.1) is 0 Å². The zero-order valence-electron chi connectivity index (χ0n) is 18.4. The molecule has 2 N–H and O–H groups in total. The highest BCUT2D eigenvalue weighted by Gasteiger charge is 2.34. The topological polar surface area (TPSA) is 70.9 Å². The molecular formula is C26H25F3N2O3. The smallest absolute Gasteiger partial charge is 0.417 e. The van der Waals surface area contributed by atoms with Gasteiger partial charge in [-0.25, -0.2) is 0 Å². The predicted molar refractivity (Wildman–Crippen MR) is 124 cm³/mol. The molecule has 0 saturated carbocycles. The van der Waals surface area contributed by atoms with E-state index in [4.69, 9.17) is 9.94 Å². The highest BCUT2D eigenvalue weighted by atomic mass is 19.4. The second-order valence-electron chi connectivity index (χ2n) is 7.65. The molecule has 34 heavy (non-hydrogen) atoms. The minimum Gasteiger partial charge on any atom is -0.481 e. The molecule has 8 heteroatoms. The summed E-state index contributed by atoms with van der Waals surface area (Å²) >= 11 is 0. The summed E-state index contributed by atoms with van der Waals surface area (Å²) < 4.78 is 40.8. The van der Waals surface area contributed by atoms with Gasteiger partial charge in [0.25, 0.3) is 0 Å². The lowest BCUT2D eigenvalue weighted by Gasteiger charge is -2.14. The Morgan fingerprint density at radius 2 is 1.65 bits per heavy atom. The van der Waals surface area contributed by atoms with Crippen LogP contribution in [0.25, 0.3) is 11.1 Å². The first-order valence-corrected chi connectivity index (χ1v) is 10.7. The molecule has 3 aromatic rings. The monoisotopic (exact) mass is 470 g/mol. The number of halogens is 3. The molecule has 0 aliphatic carbocycles. The van der Waals surface area contributed by atoms with E-state index in [0.717, 1.165) is 17.2 Å². The molecule has 0 fully saturated rings. The van der Waals surface area contributed by atoms with E-state index in [9.17, 15) is 18.0 Å². The first-order valence-electron chi connectivity index (χ1n) is 10.7. The molecule has 0 atom stereocenters. The van der Waals surface area contributed by atoms with Crippen LogP contribution in [-0.2, 0) is 35.4 Å². The van der Waals surface area contributed by atoms with Gasteiger partial charge in [-0.2, -0.15) is 13.2 Å². The van der Waals surface area contributed by atoms with Crippen LogP contribution < -0.4 is 5.32 Å². The Kier molecular flexibility index (Phi) is 8.81. The summed E-state index contributed by atoms with van der Waals surface area (Å²) in [5.74, 6) is -0.839. The Balaban J connectivity index is 1.51. The van der Waals surface area contributed by atoms with E-state index < -0.39 is 17.7 Å². The lowest BCUT2D eigenvalue weighted by atomic mass is 9.97. The van der Waals surface area contributed by atoms with Crippen LogP contribution in [0, 0.1) is 0 Å². The van der Waals surface area contributed by atoms with Crippen LogP contribution in [0.4, 0.5) is 13.2 Å². The number of carbonyl (C=O) groups is 1. The number of nitrogens with zero attached hydrogens (tertiary/aromatic N) is 1. The fourth-order valence-electron chi connectivity index (χ4n) is 3.31. The fraction of sp³-hybridized carbons (Fsp3) is 0.231. The van der Waals surface area contributed by atoms with E-state index in [1.165, 1.54) is 6.07 Å². The number of nitrogens with one attached hydrogen (secondary N) is 1. The standard InChI is InChI=1S/C26H25F3N2O3/c27-26(28,29)24-16-21(10-11-23(24)22-4-2-1-3-5-22)18-34-31-15-12-19-6-8-20(9-7-19)17-30-14-13-25(32)33/h1-11,15-16,30H,12-14,17-18H2,(H,32,33). The molecule has 0 bridgehead atoms. The van der Waals surface area contributed by atoms with Gasteiger partial charge in [0.2, 0.25) is 0 Å². The maximum Gasteiger partial charge on any atom is 0.417 e. The van der Waals surface area contributed by atoms with Gasteiger partial charge in [-0.1, -0.05) is 71.9 Å². The van der Waals surface area contributed by atoms with E-state index in [2.05, 4.69) is 10.5 Å². The number of oxime groups is 1. The maximum absolute atomic E-state index is 13.6. The summed E-state index contributed by atoms with van der Waals surface area (Å²) in [4.78, 5) is 15.7. The molecule has 0 saturated heterocycles. The van der Waals surface area contributed by atoms with Crippen molar-refractivity contribution in [2.45, 2.75) is 32.2 Å². The van der Waals surface area contributed by atoms with Gasteiger partial charge >= 0.3 is 12.1 Å². The molecular weight excluding hydrogens is 445 g/mol. The molecule has 0 heterocycles. The molecule has 178 valence electrons. The summed E-state index contributed by atoms with van der Waals surface area (Å²) in [5, 5.41) is 15.5. The van der Waals surface area contributed by atoms with E-state index in [-0.39, 0.29) is 18.6 Å². The first-order chi connectivity index (χ1) is 16.3. The second-order valence-corrected chi connectivity index (χ2v) is 7.65. The summed E-state index contributed by atoms with van der Waals surface area (Å²) in [7, 11) is 0. The zero-order chi connectivity index (χ0) is 24.4. The Hall–Kier alpha value is -3.65. The lowest BCUT2D eigenvalue weighted by Crippen LogP contribution is -2.17. The predicted octanol–water partition coefficient (Wildman–Crippen LogP) is 5.68. The van der Waals surface area contributed by atoms with Crippen molar-refractivity contribution >= 4 is 12.2 Å². The SMILES string of the molecule is O=C(O)CCNCc1ccc(CC=NOCc2ccc(-c3ccccc3)c(C(F)(F)F)c2)cc1. The molecule has 0 unspecified atom stereocenters. The van der Waals surface area contributed by atoms with Gasteiger partial charge in [-0.3, -0.25) is 4.79 Å². The average molecular weight is 470 g/mol. The quantitative estimate of drug-likeness (QED) is 0.215. The number of rotatable bonds is 11. The van der Waals surface area contributed by atoms with Gasteiger partial charge in [0.05, 0.1) is 12.0 Å². The molecule has 3 aromatic carbocycles. The molecule has 0 aromatic heterocycles. The number of carboxylic acid groups (broad SMARTS) is 1. The highest BCUT2D eigenvalue weighted by Crippen LogP contribution is 2.37. The number of benzene rings is 3. The lowest BCUT2D eigenvalue weighted by molar-refractivity contribution is -0.138. The summed E-state index contributed by atoms with van der Waals surface area (Å²) in [6.07, 6.45) is -2.35. The van der Waals surface area contributed by atoms with Crippen molar-refractivity contribution in [2.75, 3.05) is 6.54 Å². The van der Waals surface area contributed by atoms with Crippen molar-refractivity contribution in [3.05, 3.63) is 95.1 Å². The van der Waals surface area contributed by atoms with E-state index >= 15 is 0 Å². The summed E-state index contributed by atoms with van der Waals surface area (Å²) in [6.45, 7) is 0.907. The van der Waals surface area contributed by atoms with Crippen molar-refractivity contribution in [2.24, 2.45) is 5.16 Å². The number of hydrogen-bond acceptors (Lipinski definition) is 4. The van der Waals surface area contributed by atoms with E-state index in [0.29, 0.717) is 30.6 Å². The number of aliphatic carboxylic acids is 1. The number of hydrogen-bond donors (Lipinski definition) is 2. The molecule has 0 amide bonds. The van der Waals surface area contributed by atoms with Gasteiger partial charge in [0, 0.05) is 25.7 Å². The van der Waals surface area contributed by atoms with Crippen LogP contribution in [0.15, 0.2) is 78.0 Å². The molecule has 3 rings (SSSR count). The first kappa shape index (κ1) is 25.0. The van der Waals surface area contributed by atoms with Gasteiger partial charge < -0.3 is 15.3 Å². The van der Waals surface area contributed by atoms with Crippen LogP contribution in [0.3, 0.4) is 0 Å². The third-order valence-electron chi connectivity index (χ3n) is 5.05. The third-order valence-corrected chi connectivity index (χ3v) is 5.05. The summed E-state index contributed by atoms with van der Waals surface area (Å²) in [5.41, 5.74) is 2.32. The van der Waals surface area contributed by atoms with Crippen molar-refractivity contribution in [1.82, 2.24) is 5.32 Å². The van der Waals surface area contributed by atoms with Gasteiger partial charge in [0.1, 0.15) is 6.61 Å².